The lowest BCUT2D eigenvalue weighted by atomic mass is 10.1. The van der Waals surface area contributed by atoms with E-state index in [4.69, 9.17) is 4.74 Å². The Morgan fingerprint density at radius 3 is 2.43 bits per heavy atom. The van der Waals surface area contributed by atoms with E-state index in [0.717, 1.165) is 35.3 Å². The van der Waals surface area contributed by atoms with Crippen molar-refractivity contribution in [1.29, 1.82) is 0 Å². The second-order valence-electron chi connectivity index (χ2n) is 9.32. The molecule has 1 N–H and O–H groups in total. The summed E-state index contributed by atoms with van der Waals surface area (Å²) in [6.07, 6.45) is 11.6. The summed E-state index contributed by atoms with van der Waals surface area (Å²) in [5, 5.41) is 2.90. The Morgan fingerprint density at radius 2 is 1.71 bits per heavy atom. The number of hydrogen-bond acceptors (Lipinski definition) is 4. The van der Waals surface area contributed by atoms with Gasteiger partial charge in [-0.2, -0.15) is 0 Å². The van der Waals surface area contributed by atoms with Gasteiger partial charge in [-0.05, 0) is 37.1 Å². The van der Waals surface area contributed by atoms with Gasteiger partial charge in [-0.15, -0.1) is 11.8 Å². The number of methoxy groups -OCH3 is 1. The average Bonchev–Trinajstić information content (AvgIpc) is 3.24. The minimum Gasteiger partial charge on any atom is -0.495 e. The fourth-order valence-electron chi connectivity index (χ4n) is 4.54. The summed E-state index contributed by atoms with van der Waals surface area (Å²) in [5.74, 6) is 1.14. The highest BCUT2D eigenvalue weighted by Crippen LogP contribution is 2.46. The van der Waals surface area contributed by atoms with Gasteiger partial charge in [0.25, 0.3) is 0 Å². The Hall–Kier alpha value is -2.47. The van der Waals surface area contributed by atoms with Gasteiger partial charge in [-0.25, -0.2) is 0 Å². The molecular weight excluding hydrogens is 456 g/mol. The number of thioether (sulfide) groups is 1. The van der Waals surface area contributed by atoms with Crippen molar-refractivity contribution in [2.75, 3.05) is 23.1 Å². The van der Waals surface area contributed by atoms with E-state index in [0.29, 0.717) is 17.9 Å². The molecule has 190 valence electrons. The smallest absolute Gasteiger partial charge is 0.238 e. The molecule has 2 aromatic carbocycles. The zero-order valence-electron chi connectivity index (χ0n) is 21.5. The van der Waals surface area contributed by atoms with Crippen molar-refractivity contribution in [3.8, 4) is 5.75 Å². The molecule has 0 aromatic heterocycles. The summed E-state index contributed by atoms with van der Waals surface area (Å²) in [4.78, 5) is 27.5. The van der Waals surface area contributed by atoms with Crippen LogP contribution in [0.4, 0.5) is 11.4 Å². The molecule has 0 spiro atoms. The predicted molar refractivity (Wildman–Crippen MR) is 147 cm³/mol. The minimum atomic E-state index is -0.220. The molecule has 1 saturated heterocycles. The number of carbonyl (C=O) groups excluding carboxylic acids is 2. The van der Waals surface area contributed by atoms with E-state index in [1.165, 1.54) is 44.9 Å². The average molecular weight is 497 g/mol. The number of amides is 2. The molecule has 1 atom stereocenters. The molecule has 0 unspecified atom stereocenters. The van der Waals surface area contributed by atoms with Crippen LogP contribution in [-0.2, 0) is 9.59 Å². The number of rotatable bonds is 14. The van der Waals surface area contributed by atoms with Gasteiger partial charge < -0.3 is 10.1 Å². The summed E-state index contributed by atoms with van der Waals surface area (Å²) in [5.41, 5.74) is 3.54. The van der Waals surface area contributed by atoms with Gasteiger partial charge in [0.05, 0.1) is 18.6 Å². The van der Waals surface area contributed by atoms with E-state index in [2.05, 4.69) is 12.2 Å². The van der Waals surface area contributed by atoms with Crippen LogP contribution >= 0.6 is 11.8 Å². The third kappa shape index (κ3) is 7.76. The maximum absolute atomic E-state index is 12.9. The van der Waals surface area contributed by atoms with Crippen molar-refractivity contribution in [3.63, 3.8) is 0 Å². The van der Waals surface area contributed by atoms with Crippen molar-refractivity contribution >= 4 is 35.0 Å². The van der Waals surface area contributed by atoms with Crippen molar-refractivity contribution in [1.82, 2.24) is 0 Å². The van der Waals surface area contributed by atoms with Crippen molar-refractivity contribution in [2.24, 2.45) is 0 Å². The van der Waals surface area contributed by atoms with Crippen molar-refractivity contribution in [2.45, 2.75) is 83.4 Å². The van der Waals surface area contributed by atoms with Crippen LogP contribution in [0.25, 0.3) is 0 Å². The third-order valence-corrected chi connectivity index (χ3v) is 7.66. The van der Waals surface area contributed by atoms with Gasteiger partial charge in [0, 0.05) is 17.7 Å². The number of para-hydroxylation sites is 1. The molecular formula is C29H40N2O3S. The van der Waals surface area contributed by atoms with Gasteiger partial charge >= 0.3 is 0 Å². The normalized spacial score (nSPS) is 15.5. The lowest BCUT2D eigenvalue weighted by Gasteiger charge is -2.27. The van der Waals surface area contributed by atoms with Gasteiger partial charge in [0.2, 0.25) is 11.8 Å². The largest absolute Gasteiger partial charge is 0.495 e. The van der Waals surface area contributed by atoms with Crippen LogP contribution < -0.4 is 15.0 Å². The first-order valence-corrected chi connectivity index (χ1v) is 14.1. The maximum Gasteiger partial charge on any atom is 0.238 e. The first-order valence-electron chi connectivity index (χ1n) is 13.0. The predicted octanol–water partition coefficient (Wildman–Crippen LogP) is 7.64. The third-order valence-electron chi connectivity index (χ3n) is 6.47. The summed E-state index contributed by atoms with van der Waals surface area (Å²) in [6.45, 7) is 4.25. The molecule has 1 aliphatic heterocycles. The molecule has 0 radical (unpaired) electrons. The molecule has 35 heavy (non-hydrogen) atoms. The van der Waals surface area contributed by atoms with Gasteiger partial charge in [0.1, 0.15) is 11.1 Å². The second-order valence-corrected chi connectivity index (χ2v) is 10.4. The number of anilines is 2. The number of carbonyl (C=O) groups is 2. The molecule has 6 heteroatoms. The number of benzene rings is 2. The summed E-state index contributed by atoms with van der Waals surface area (Å²) >= 11 is 1.58. The zero-order valence-corrected chi connectivity index (χ0v) is 22.3. The van der Waals surface area contributed by atoms with Crippen LogP contribution in [0.5, 0.6) is 5.75 Å². The Morgan fingerprint density at radius 1 is 1.03 bits per heavy atom. The van der Waals surface area contributed by atoms with Crippen LogP contribution in [0.2, 0.25) is 0 Å². The number of ether oxygens (including phenoxy) is 1. The number of nitrogens with zero attached hydrogens (tertiary/aromatic N) is 1. The highest BCUT2D eigenvalue weighted by molar-refractivity contribution is 8.00. The number of unbranched alkanes of at least 4 members (excludes halogenated alkanes) is 8. The number of nitrogens with one attached hydrogen (secondary N) is 1. The minimum absolute atomic E-state index is 0.0365. The first-order chi connectivity index (χ1) is 17.0. The summed E-state index contributed by atoms with van der Waals surface area (Å²) < 4.78 is 5.56. The Labute approximate surface area is 215 Å². The molecule has 2 amide bonds. The summed E-state index contributed by atoms with van der Waals surface area (Å²) in [6, 6.07) is 13.7. The molecule has 1 heterocycles. The van der Waals surface area contributed by atoms with E-state index in [-0.39, 0.29) is 17.2 Å². The van der Waals surface area contributed by atoms with Gasteiger partial charge in [-0.1, -0.05) is 82.6 Å². The van der Waals surface area contributed by atoms with Gasteiger partial charge in [0.15, 0.2) is 0 Å². The van der Waals surface area contributed by atoms with E-state index in [1.807, 2.05) is 54.3 Å². The maximum atomic E-state index is 12.9. The van der Waals surface area contributed by atoms with E-state index in [9.17, 15) is 9.59 Å². The van der Waals surface area contributed by atoms with E-state index >= 15 is 0 Å². The molecule has 5 nitrogen and oxygen atoms in total. The standard InChI is InChI=1S/C29H40N2O3S/c1-4-5-6-7-8-9-10-11-12-17-27(32)30-24-16-14-13-15-23(24)29-31(28(33)21-35-29)25-20-22(2)18-19-26(25)34-3/h13-16,18-20,29H,4-12,17,21H2,1-3H3,(H,30,32)/t29-/m1/s1. The van der Waals surface area contributed by atoms with E-state index < -0.39 is 0 Å². The number of aryl methyl sites for hydroxylation is 1. The van der Waals surface area contributed by atoms with Crippen LogP contribution in [0.3, 0.4) is 0 Å². The van der Waals surface area contributed by atoms with Crippen LogP contribution in [0.1, 0.15) is 87.6 Å². The topological polar surface area (TPSA) is 58.6 Å². The van der Waals surface area contributed by atoms with Crippen LogP contribution in [0.15, 0.2) is 42.5 Å². The quantitative estimate of drug-likeness (QED) is 0.273. The first kappa shape index (κ1) is 27.1. The fourth-order valence-corrected chi connectivity index (χ4v) is 5.74. The highest BCUT2D eigenvalue weighted by Gasteiger charge is 2.37. The zero-order chi connectivity index (χ0) is 25.0. The lowest BCUT2D eigenvalue weighted by molar-refractivity contribution is -0.116. The monoisotopic (exact) mass is 496 g/mol. The van der Waals surface area contributed by atoms with Crippen molar-refractivity contribution in [3.05, 3.63) is 53.6 Å². The molecule has 1 aliphatic rings. The lowest BCUT2D eigenvalue weighted by Crippen LogP contribution is -2.29. The Bertz CT molecular complexity index is 978. The van der Waals surface area contributed by atoms with Crippen LogP contribution in [0, 0.1) is 6.92 Å². The summed E-state index contributed by atoms with van der Waals surface area (Å²) in [7, 11) is 1.62. The van der Waals surface area contributed by atoms with E-state index in [1.54, 1.807) is 18.9 Å². The molecule has 0 aliphatic carbocycles. The van der Waals surface area contributed by atoms with Crippen molar-refractivity contribution < 1.29 is 14.3 Å². The molecule has 2 aromatic rings. The number of hydrogen-bond donors (Lipinski definition) is 1. The second kappa shape index (κ2) is 14.2. The fraction of sp³-hybridized carbons (Fsp3) is 0.517. The molecule has 0 saturated carbocycles. The SMILES string of the molecule is CCCCCCCCCCCC(=O)Nc1ccccc1[C@H]1SCC(=O)N1c1cc(C)ccc1OC. The molecule has 1 fully saturated rings. The molecule has 3 rings (SSSR count). The Kier molecular flexibility index (Phi) is 11.0. The Balaban J connectivity index is 1.60. The highest BCUT2D eigenvalue weighted by atomic mass is 32.2. The van der Waals surface area contributed by atoms with Crippen LogP contribution in [-0.4, -0.2) is 24.7 Å². The molecule has 0 bridgehead atoms. The van der Waals surface area contributed by atoms with Gasteiger partial charge in [-0.3, -0.25) is 14.5 Å².